The van der Waals surface area contributed by atoms with Gasteiger partial charge < -0.3 is 5.73 Å². The molecule has 0 fully saturated rings. The molecule has 2 aromatic rings. The number of hydrogen-bond acceptors (Lipinski definition) is 4. The first-order chi connectivity index (χ1) is 9.03. The average molecular weight is 298 g/mol. The molecule has 7 heteroatoms. The van der Waals surface area contributed by atoms with Crippen LogP contribution in [0.3, 0.4) is 0 Å². The molecular formula is C12H12ClN3O2S. The summed E-state index contributed by atoms with van der Waals surface area (Å²) in [5.74, 6) is 0. The second kappa shape index (κ2) is 5.56. The van der Waals surface area contributed by atoms with Gasteiger partial charge in [-0.15, -0.1) is 0 Å². The minimum absolute atomic E-state index is 0.00946. The van der Waals surface area contributed by atoms with Gasteiger partial charge in [-0.2, -0.15) is 0 Å². The van der Waals surface area contributed by atoms with Crippen molar-refractivity contribution in [1.82, 2.24) is 4.98 Å². The first-order valence-electron chi connectivity index (χ1n) is 5.44. The van der Waals surface area contributed by atoms with Crippen LogP contribution in [0.5, 0.6) is 0 Å². The predicted molar refractivity (Wildman–Crippen MR) is 74.4 cm³/mol. The molecule has 2 rings (SSSR count). The number of benzene rings is 1. The van der Waals surface area contributed by atoms with Crippen LogP contribution in [-0.2, 0) is 16.6 Å². The van der Waals surface area contributed by atoms with E-state index in [0.717, 1.165) is 5.56 Å². The molecule has 0 unspecified atom stereocenters. The number of sulfonamides is 1. The summed E-state index contributed by atoms with van der Waals surface area (Å²) in [6, 6.07) is 7.84. The normalized spacial score (nSPS) is 11.3. The summed E-state index contributed by atoms with van der Waals surface area (Å²) in [4.78, 5) is 3.85. The van der Waals surface area contributed by atoms with Crippen molar-refractivity contribution in [1.29, 1.82) is 0 Å². The molecule has 0 aliphatic rings. The summed E-state index contributed by atoms with van der Waals surface area (Å²) >= 11 is 5.97. The Labute approximate surface area is 116 Å². The van der Waals surface area contributed by atoms with Crippen LogP contribution in [-0.4, -0.2) is 13.4 Å². The number of halogens is 1. The van der Waals surface area contributed by atoms with Gasteiger partial charge in [0.1, 0.15) is 4.90 Å². The van der Waals surface area contributed by atoms with Crippen LogP contribution in [0.1, 0.15) is 5.56 Å². The van der Waals surface area contributed by atoms with Crippen molar-refractivity contribution < 1.29 is 8.42 Å². The van der Waals surface area contributed by atoms with Crippen LogP contribution in [0.4, 0.5) is 5.69 Å². The van der Waals surface area contributed by atoms with Gasteiger partial charge in [-0.3, -0.25) is 9.71 Å². The van der Waals surface area contributed by atoms with Gasteiger partial charge in [-0.25, -0.2) is 8.42 Å². The Morgan fingerprint density at radius 3 is 2.68 bits per heavy atom. The second-order valence-electron chi connectivity index (χ2n) is 3.82. The number of hydrogen-bond donors (Lipinski definition) is 2. The number of nitrogens with zero attached hydrogens (tertiary/aromatic N) is 1. The highest BCUT2D eigenvalue weighted by Crippen LogP contribution is 2.24. The lowest BCUT2D eigenvalue weighted by atomic mass is 10.2. The van der Waals surface area contributed by atoms with Gasteiger partial charge in [0.15, 0.2) is 0 Å². The number of anilines is 1. The molecule has 0 saturated carbocycles. The number of nitrogens with two attached hydrogens (primary N) is 1. The molecule has 0 bridgehead atoms. The first-order valence-corrected chi connectivity index (χ1v) is 7.30. The molecular weight excluding hydrogens is 286 g/mol. The maximum Gasteiger partial charge on any atom is 0.263 e. The zero-order valence-corrected chi connectivity index (χ0v) is 11.4. The van der Waals surface area contributed by atoms with E-state index in [1.54, 1.807) is 30.5 Å². The van der Waals surface area contributed by atoms with E-state index in [0.29, 0.717) is 12.2 Å². The van der Waals surface area contributed by atoms with Gasteiger partial charge in [0.05, 0.1) is 16.9 Å². The van der Waals surface area contributed by atoms with E-state index in [1.807, 2.05) is 0 Å². The minimum atomic E-state index is -3.73. The van der Waals surface area contributed by atoms with Crippen molar-refractivity contribution >= 4 is 27.3 Å². The number of nitrogens with one attached hydrogen (secondary N) is 1. The van der Waals surface area contributed by atoms with E-state index < -0.39 is 10.0 Å². The van der Waals surface area contributed by atoms with Crippen LogP contribution in [0.2, 0.25) is 5.02 Å². The second-order valence-corrected chi connectivity index (χ2v) is 5.87. The lowest BCUT2D eigenvalue weighted by Crippen LogP contribution is -2.14. The first kappa shape index (κ1) is 13.8. The smallest absolute Gasteiger partial charge is 0.263 e. The summed E-state index contributed by atoms with van der Waals surface area (Å²) in [6.07, 6.45) is 2.97. The summed E-state index contributed by atoms with van der Waals surface area (Å²) in [6.45, 7) is 0.302. The van der Waals surface area contributed by atoms with E-state index in [-0.39, 0.29) is 9.92 Å². The Morgan fingerprint density at radius 2 is 2.11 bits per heavy atom. The van der Waals surface area contributed by atoms with Gasteiger partial charge in [-0.05, 0) is 29.8 Å². The topological polar surface area (TPSA) is 85.1 Å². The standard InChI is InChI=1S/C12H12ClN3O2S/c13-11-6-9(7-14)3-4-12(11)19(17,18)16-10-2-1-5-15-8-10/h1-6,8,16H,7,14H2. The Morgan fingerprint density at radius 1 is 1.32 bits per heavy atom. The molecule has 1 aromatic carbocycles. The third-order valence-corrected chi connectivity index (χ3v) is 4.30. The van der Waals surface area contributed by atoms with Crippen molar-refractivity contribution in [3.63, 3.8) is 0 Å². The summed E-state index contributed by atoms with van der Waals surface area (Å²) in [5.41, 5.74) is 6.61. The molecule has 19 heavy (non-hydrogen) atoms. The number of pyridine rings is 1. The highest BCUT2D eigenvalue weighted by molar-refractivity contribution is 7.92. The highest BCUT2D eigenvalue weighted by Gasteiger charge is 2.18. The Kier molecular flexibility index (Phi) is 4.04. The van der Waals surface area contributed by atoms with E-state index in [9.17, 15) is 8.42 Å². The lowest BCUT2D eigenvalue weighted by Gasteiger charge is -2.09. The molecule has 0 saturated heterocycles. The van der Waals surface area contributed by atoms with Gasteiger partial charge in [0.25, 0.3) is 10.0 Å². The van der Waals surface area contributed by atoms with Gasteiger partial charge in [0.2, 0.25) is 0 Å². The quantitative estimate of drug-likeness (QED) is 0.904. The highest BCUT2D eigenvalue weighted by atomic mass is 35.5. The van der Waals surface area contributed by atoms with Crippen molar-refractivity contribution in [3.8, 4) is 0 Å². The lowest BCUT2D eigenvalue weighted by molar-refractivity contribution is 0.601. The Hall–Kier alpha value is -1.63. The Bertz CT molecular complexity index is 675. The Balaban J connectivity index is 2.35. The van der Waals surface area contributed by atoms with Gasteiger partial charge in [-0.1, -0.05) is 17.7 Å². The third kappa shape index (κ3) is 3.23. The van der Waals surface area contributed by atoms with Crippen LogP contribution >= 0.6 is 11.6 Å². The van der Waals surface area contributed by atoms with Crippen molar-refractivity contribution in [3.05, 3.63) is 53.3 Å². The monoisotopic (exact) mass is 297 g/mol. The maximum atomic E-state index is 12.2. The van der Waals surface area contributed by atoms with Gasteiger partial charge in [0, 0.05) is 12.7 Å². The van der Waals surface area contributed by atoms with E-state index in [4.69, 9.17) is 17.3 Å². The van der Waals surface area contributed by atoms with E-state index in [2.05, 4.69) is 9.71 Å². The number of aromatic nitrogens is 1. The average Bonchev–Trinajstić information content (AvgIpc) is 2.38. The molecule has 0 radical (unpaired) electrons. The molecule has 0 spiro atoms. The molecule has 0 atom stereocenters. The molecule has 5 nitrogen and oxygen atoms in total. The molecule has 3 N–H and O–H groups in total. The molecule has 0 amide bonds. The SMILES string of the molecule is NCc1ccc(S(=O)(=O)Nc2cccnc2)c(Cl)c1. The van der Waals surface area contributed by atoms with Crippen LogP contribution in [0.15, 0.2) is 47.6 Å². The van der Waals surface area contributed by atoms with Crippen molar-refractivity contribution in [2.24, 2.45) is 5.73 Å². The molecule has 1 heterocycles. The predicted octanol–water partition coefficient (Wildman–Crippen LogP) is 1.99. The fraction of sp³-hybridized carbons (Fsp3) is 0.0833. The van der Waals surface area contributed by atoms with E-state index in [1.165, 1.54) is 12.3 Å². The fourth-order valence-corrected chi connectivity index (χ4v) is 3.13. The summed E-state index contributed by atoms with van der Waals surface area (Å²) in [5, 5.41) is 0.138. The van der Waals surface area contributed by atoms with Crippen LogP contribution < -0.4 is 10.5 Å². The number of rotatable bonds is 4. The van der Waals surface area contributed by atoms with Crippen molar-refractivity contribution in [2.45, 2.75) is 11.4 Å². The molecule has 0 aliphatic carbocycles. The van der Waals surface area contributed by atoms with Crippen molar-refractivity contribution in [2.75, 3.05) is 4.72 Å². The zero-order valence-electron chi connectivity index (χ0n) is 9.88. The fourth-order valence-electron chi connectivity index (χ4n) is 1.52. The zero-order chi connectivity index (χ0) is 13.9. The van der Waals surface area contributed by atoms with E-state index >= 15 is 0 Å². The molecule has 100 valence electrons. The summed E-state index contributed by atoms with van der Waals surface area (Å²) in [7, 11) is -3.73. The summed E-state index contributed by atoms with van der Waals surface area (Å²) < 4.78 is 26.7. The largest absolute Gasteiger partial charge is 0.326 e. The molecule has 0 aliphatic heterocycles. The maximum absolute atomic E-state index is 12.2. The van der Waals surface area contributed by atoms with Crippen LogP contribution in [0, 0.1) is 0 Å². The van der Waals surface area contributed by atoms with Crippen LogP contribution in [0.25, 0.3) is 0 Å². The van der Waals surface area contributed by atoms with Gasteiger partial charge >= 0.3 is 0 Å². The minimum Gasteiger partial charge on any atom is -0.326 e. The molecule has 1 aromatic heterocycles. The third-order valence-electron chi connectivity index (χ3n) is 2.44.